The van der Waals surface area contributed by atoms with E-state index in [2.05, 4.69) is 5.32 Å². The standard InChI is InChI=1S/C15H16N2O5/c16-6-1-7-17-14(18)9-20-15(19)5-3-11-2-4-12-13(8-11)22-10-21-12/h2,4,8H,1,3,5,7,9-10H2,(H,17,18). The SMILES string of the molecule is N#CCCNC(=O)COC(=O)CCc1ccc2c(c1)OCO2. The molecule has 1 aromatic carbocycles. The number of nitriles is 1. The predicted octanol–water partition coefficient (Wildman–Crippen LogP) is 0.921. The molecule has 7 heteroatoms. The Labute approximate surface area is 127 Å². The van der Waals surface area contributed by atoms with Crippen LogP contribution in [0.3, 0.4) is 0 Å². The van der Waals surface area contributed by atoms with Gasteiger partial charge in [0.05, 0.1) is 12.5 Å². The van der Waals surface area contributed by atoms with Crippen LogP contribution < -0.4 is 14.8 Å². The molecule has 116 valence electrons. The number of nitrogens with zero attached hydrogens (tertiary/aromatic N) is 1. The summed E-state index contributed by atoms with van der Waals surface area (Å²) < 4.78 is 15.3. The van der Waals surface area contributed by atoms with Gasteiger partial charge in [0.1, 0.15) is 0 Å². The summed E-state index contributed by atoms with van der Waals surface area (Å²) in [4.78, 5) is 22.9. The maximum atomic E-state index is 11.6. The second-order valence-corrected chi connectivity index (χ2v) is 4.61. The first kappa shape index (κ1) is 15.6. The van der Waals surface area contributed by atoms with E-state index >= 15 is 0 Å². The first-order chi connectivity index (χ1) is 10.7. The molecule has 0 atom stereocenters. The smallest absolute Gasteiger partial charge is 0.306 e. The largest absolute Gasteiger partial charge is 0.456 e. The molecule has 0 aliphatic carbocycles. The average molecular weight is 304 g/mol. The van der Waals surface area contributed by atoms with Crippen molar-refractivity contribution < 1.29 is 23.8 Å². The summed E-state index contributed by atoms with van der Waals surface area (Å²) in [5, 5.41) is 10.8. The summed E-state index contributed by atoms with van der Waals surface area (Å²) in [5.74, 6) is 0.503. The highest BCUT2D eigenvalue weighted by atomic mass is 16.7. The minimum Gasteiger partial charge on any atom is -0.456 e. The van der Waals surface area contributed by atoms with Gasteiger partial charge in [0, 0.05) is 13.0 Å². The Bertz CT molecular complexity index is 594. The molecular formula is C15H16N2O5. The summed E-state index contributed by atoms with van der Waals surface area (Å²) in [6.45, 7) is 0.136. The molecular weight excluding hydrogens is 288 g/mol. The van der Waals surface area contributed by atoms with Gasteiger partial charge in [-0.25, -0.2) is 0 Å². The molecule has 0 spiro atoms. The monoisotopic (exact) mass is 304 g/mol. The van der Waals surface area contributed by atoms with Crippen molar-refractivity contribution in [2.45, 2.75) is 19.3 Å². The molecule has 0 aromatic heterocycles. The molecule has 1 aliphatic rings. The molecule has 0 saturated carbocycles. The lowest BCUT2D eigenvalue weighted by Gasteiger charge is -2.06. The summed E-state index contributed by atoms with van der Waals surface area (Å²) in [5.41, 5.74) is 0.930. The van der Waals surface area contributed by atoms with Gasteiger partial charge in [-0.3, -0.25) is 9.59 Å². The van der Waals surface area contributed by atoms with Crippen LogP contribution in [-0.2, 0) is 20.7 Å². The zero-order valence-electron chi connectivity index (χ0n) is 12.0. The zero-order valence-corrected chi connectivity index (χ0v) is 12.0. The number of ether oxygens (including phenoxy) is 3. The van der Waals surface area contributed by atoms with Crippen molar-refractivity contribution in [2.24, 2.45) is 0 Å². The van der Waals surface area contributed by atoms with Crippen LogP contribution in [0, 0.1) is 11.3 Å². The predicted molar refractivity (Wildman–Crippen MR) is 75.1 cm³/mol. The van der Waals surface area contributed by atoms with Gasteiger partial charge in [0.2, 0.25) is 6.79 Å². The number of benzene rings is 1. The van der Waals surface area contributed by atoms with Crippen LogP contribution in [0.4, 0.5) is 0 Å². The Hall–Kier alpha value is -2.75. The summed E-state index contributed by atoms with van der Waals surface area (Å²) in [7, 11) is 0. The Morgan fingerprint density at radius 2 is 2.14 bits per heavy atom. The highest BCUT2D eigenvalue weighted by molar-refractivity contribution is 5.80. The number of carbonyl (C=O) groups excluding carboxylic acids is 2. The minimum absolute atomic E-state index is 0.172. The zero-order chi connectivity index (χ0) is 15.8. The average Bonchev–Trinajstić information content (AvgIpc) is 2.98. The molecule has 7 nitrogen and oxygen atoms in total. The molecule has 0 bridgehead atoms. The summed E-state index contributed by atoms with van der Waals surface area (Å²) in [6, 6.07) is 7.38. The molecule has 0 fully saturated rings. The van der Waals surface area contributed by atoms with Gasteiger partial charge in [-0.2, -0.15) is 5.26 Å². The van der Waals surface area contributed by atoms with E-state index in [1.54, 1.807) is 6.07 Å². The van der Waals surface area contributed by atoms with Gasteiger partial charge in [-0.1, -0.05) is 6.07 Å². The summed E-state index contributed by atoms with van der Waals surface area (Å²) >= 11 is 0. The summed E-state index contributed by atoms with van der Waals surface area (Å²) in [6.07, 6.45) is 0.889. The number of hydrogen-bond acceptors (Lipinski definition) is 6. The van der Waals surface area contributed by atoms with Crippen molar-refractivity contribution in [3.8, 4) is 17.6 Å². The van der Waals surface area contributed by atoms with Crippen LogP contribution >= 0.6 is 0 Å². The van der Waals surface area contributed by atoms with Crippen LogP contribution in [0.2, 0.25) is 0 Å². The van der Waals surface area contributed by atoms with Crippen molar-refractivity contribution in [1.82, 2.24) is 5.32 Å². The fourth-order valence-electron chi connectivity index (χ4n) is 1.87. The van der Waals surface area contributed by atoms with Crippen molar-refractivity contribution >= 4 is 11.9 Å². The number of rotatable bonds is 7. The third-order valence-corrected chi connectivity index (χ3v) is 2.98. The third kappa shape index (κ3) is 4.66. The Balaban J connectivity index is 1.67. The van der Waals surface area contributed by atoms with Crippen molar-refractivity contribution in [3.05, 3.63) is 23.8 Å². The fraction of sp³-hybridized carbons (Fsp3) is 0.400. The third-order valence-electron chi connectivity index (χ3n) is 2.98. The van der Waals surface area contributed by atoms with Gasteiger partial charge < -0.3 is 19.5 Å². The maximum Gasteiger partial charge on any atom is 0.306 e. The molecule has 1 aliphatic heterocycles. The number of carbonyl (C=O) groups is 2. The van der Waals surface area contributed by atoms with E-state index in [1.807, 2.05) is 18.2 Å². The highest BCUT2D eigenvalue weighted by Gasteiger charge is 2.14. The van der Waals surface area contributed by atoms with Gasteiger partial charge in [0.25, 0.3) is 5.91 Å². The lowest BCUT2D eigenvalue weighted by Crippen LogP contribution is -2.29. The molecule has 0 radical (unpaired) electrons. The van der Waals surface area contributed by atoms with E-state index in [0.29, 0.717) is 17.9 Å². The maximum absolute atomic E-state index is 11.6. The minimum atomic E-state index is -0.451. The normalized spacial score (nSPS) is 11.6. The molecule has 1 heterocycles. The van der Waals surface area contributed by atoms with Crippen LogP contribution in [0.15, 0.2) is 18.2 Å². The van der Waals surface area contributed by atoms with Crippen LogP contribution in [-0.4, -0.2) is 31.8 Å². The van der Waals surface area contributed by atoms with Gasteiger partial charge in [-0.15, -0.1) is 0 Å². The van der Waals surface area contributed by atoms with E-state index in [1.165, 1.54) is 0 Å². The number of fused-ring (bicyclic) bond motifs is 1. The Morgan fingerprint density at radius 1 is 1.32 bits per heavy atom. The lowest BCUT2D eigenvalue weighted by molar-refractivity contribution is -0.148. The van der Waals surface area contributed by atoms with E-state index in [9.17, 15) is 9.59 Å². The number of aryl methyl sites for hydroxylation is 1. The van der Waals surface area contributed by atoms with Crippen LogP contribution in [0.5, 0.6) is 11.5 Å². The van der Waals surface area contributed by atoms with Gasteiger partial charge in [-0.05, 0) is 24.1 Å². The molecule has 0 saturated heterocycles. The van der Waals surface area contributed by atoms with Crippen LogP contribution in [0.25, 0.3) is 0 Å². The second-order valence-electron chi connectivity index (χ2n) is 4.61. The Morgan fingerprint density at radius 3 is 2.95 bits per heavy atom. The van der Waals surface area contributed by atoms with Crippen molar-refractivity contribution in [2.75, 3.05) is 19.9 Å². The van der Waals surface area contributed by atoms with E-state index in [4.69, 9.17) is 19.5 Å². The van der Waals surface area contributed by atoms with E-state index < -0.39 is 11.9 Å². The van der Waals surface area contributed by atoms with Crippen LogP contribution in [0.1, 0.15) is 18.4 Å². The first-order valence-corrected chi connectivity index (χ1v) is 6.87. The fourth-order valence-corrected chi connectivity index (χ4v) is 1.87. The van der Waals surface area contributed by atoms with Crippen molar-refractivity contribution in [1.29, 1.82) is 5.26 Å². The molecule has 1 amide bonds. The van der Waals surface area contributed by atoms with Gasteiger partial charge >= 0.3 is 5.97 Å². The number of amides is 1. The Kier molecular flexibility index (Phi) is 5.60. The van der Waals surface area contributed by atoms with Crippen molar-refractivity contribution in [3.63, 3.8) is 0 Å². The van der Waals surface area contributed by atoms with E-state index in [-0.39, 0.29) is 32.8 Å². The molecule has 22 heavy (non-hydrogen) atoms. The molecule has 1 aromatic rings. The van der Waals surface area contributed by atoms with Gasteiger partial charge in [0.15, 0.2) is 18.1 Å². The lowest BCUT2D eigenvalue weighted by atomic mass is 10.1. The number of hydrogen-bond donors (Lipinski definition) is 1. The first-order valence-electron chi connectivity index (χ1n) is 6.87. The second kappa shape index (κ2) is 7.88. The topological polar surface area (TPSA) is 97.7 Å². The quantitative estimate of drug-likeness (QED) is 0.594. The molecule has 1 N–H and O–H groups in total. The number of esters is 1. The number of nitrogens with one attached hydrogen (secondary N) is 1. The highest BCUT2D eigenvalue weighted by Crippen LogP contribution is 2.32. The molecule has 2 rings (SSSR count). The van der Waals surface area contributed by atoms with E-state index in [0.717, 1.165) is 5.56 Å². The molecule has 0 unspecified atom stereocenters.